The van der Waals surface area contributed by atoms with Gasteiger partial charge in [-0.05, 0) is 50.0 Å². The Morgan fingerprint density at radius 3 is 2.59 bits per heavy atom. The Hall–Kier alpha value is -2.87. The van der Waals surface area contributed by atoms with Gasteiger partial charge in [-0.3, -0.25) is 19.4 Å². The maximum atomic E-state index is 12.3. The van der Waals surface area contributed by atoms with Crippen molar-refractivity contribution in [3.63, 3.8) is 0 Å². The molecule has 140 valence electrons. The number of aryl methyl sites for hydroxylation is 1. The van der Waals surface area contributed by atoms with E-state index >= 15 is 0 Å². The molecule has 0 radical (unpaired) electrons. The van der Waals surface area contributed by atoms with Crippen molar-refractivity contribution in [1.29, 1.82) is 0 Å². The van der Waals surface area contributed by atoms with Gasteiger partial charge in [0.25, 0.3) is 5.56 Å². The van der Waals surface area contributed by atoms with Crippen LogP contribution in [0.2, 0.25) is 0 Å². The largest absolute Gasteiger partial charge is 0.297 e. The summed E-state index contributed by atoms with van der Waals surface area (Å²) in [6, 6.07) is 7.19. The van der Waals surface area contributed by atoms with Crippen LogP contribution < -0.4 is 5.56 Å². The van der Waals surface area contributed by atoms with Crippen LogP contribution in [-0.4, -0.2) is 47.7 Å². The van der Waals surface area contributed by atoms with Crippen LogP contribution in [0.1, 0.15) is 18.5 Å². The van der Waals surface area contributed by atoms with Crippen LogP contribution >= 0.6 is 0 Å². The summed E-state index contributed by atoms with van der Waals surface area (Å²) in [5.74, 6) is 0.462. The molecule has 4 heterocycles. The molecular weight excluding hydrogens is 342 g/mol. The van der Waals surface area contributed by atoms with Crippen molar-refractivity contribution < 1.29 is 0 Å². The summed E-state index contributed by atoms with van der Waals surface area (Å²) in [6.07, 6.45) is 7.40. The maximum Gasteiger partial charge on any atom is 0.266 e. The van der Waals surface area contributed by atoms with E-state index in [1.54, 1.807) is 29.2 Å². The molecule has 1 fully saturated rings. The number of piperidine rings is 1. The molecule has 27 heavy (non-hydrogen) atoms. The average molecular weight is 365 g/mol. The molecule has 0 bridgehead atoms. The van der Waals surface area contributed by atoms with Crippen LogP contribution in [0, 0.1) is 5.92 Å². The van der Waals surface area contributed by atoms with E-state index in [9.17, 15) is 4.79 Å². The summed E-state index contributed by atoms with van der Waals surface area (Å²) in [6.45, 7) is 3.55. The first-order chi connectivity index (χ1) is 13.2. The summed E-state index contributed by atoms with van der Waals surface area (Å²) >= 11 is 0. The predicted molar refractivity (Wildman–Crippen MR) is 101 cm³/mol. The second-order valence-electron chi connectivity index (χ2n) is 7.04. The van der Waals surface area contributed by atoms with Gasteiger partial charge in [-0.1, -0.05) is 5.21 Å². The Morgan fingerprint density at radius 2 is 1.89 bits per heavy atom. The molecule has 8 heteroatoms. The lowest BCUT2D eigenvalue weighted by atomic mass is 9.96. The van der Waals surface area contributed by atoms with Crippen LogP contribution in [0.3, 0.4) is 0 Å². The molecule has 0 aromatic carbocycles. The molecule has 0 spiro atoms. The zero-order chi connectivity index (χ0) is 18.6. The minimum absolute atomic E-state index is 0.0452. The molecular formula is C19H23N7O. The minimum Gasteiger partial charge on any atom is -0.297 e. The number of hydrogen-bond acceptors (Lipinski definition) is 6. The van der Waals surface area contributed by atoms with E-state index in [4.69, 9.17) is 0 Å². The fraction of sp³-hybridized carbons (Fsp3) is 0.421. The van der Waals surface area contributed by atoms with Gasteiger partial charge >= 0.3 is 0 Å². The summed E-state index contributed by atoms with van der Waals surface area (Å²) in [5, 5.41) is 12.5. The van der Waals surface area contributed by atoms with Gasteiger partial charge < -0.3 is 0 Å². The number of aromatic nitrogens is 6. The molecule has 4 rings (SSSR count). The van der Waals surface area contributed by atoms with Gasteiger partial charge in [-0.25, -0.2) is 4.68 Å². The second kappa shape index (κ2) is 7.79. The Bertz CT molecular complexity index is 942. The van der Waals surface area contributed by atoms with Gasteiger partial charge in [-0.2, -0.15) is 5.10 Å². The van der Waals surface area contributed by atoms with Gasteiger partial charge in [0.2, 0.25) is 0 Å². The van der Waals surface area contributed by atoms with Crippen LogP contribution in [0.4, 0.5) is 0 Å². The van der Waals surface area contributed by atoms with Crippen LogP contribution in [0.25, 0.3) is 11.3 Å². The van der Waals surface area contributed by atoms with Crippen molar-refractivity contribution in [3.05, 3.63) is 58.9 Å². The van der Waals surface area contributed by atoms with E-state index in [2.05, 4.69) is 25.3 Å². The molecule has 3 aromatic heterocycles. The zero-order valence-corrected chi connectivity index (χ0v) is 15.4. The van der Waals surface area contributed by atoms with Crippen molar-refractivity contribution in [2.75, 3.05) is 13.1 Å². The molecule has 0 aliphatic carbocycles. The lowest BCUT2D eigenvalue weighted by Crippen LogP contribution is -2.36. The Balaban J connectivity index is 1.39. The zero-order valence-electron chi connectivity index (χ0n) is 15.4. The van der Waals surface area contributed by atoms with Gasteiger partial charge in [0, 0.05) is 44.2 Å². The third kappa shape index (κ3) is 4.11. The van der Waals surface area contributed by atoms with E-state index in [0.29, 0.717) is 12.5 Å². The lowest BCUT2D eigenvalue weighted by molar-refractivity contribution is 0.160. The van der Waals surface area contributed by atoms with Crippen molar-refractivity contribution in [2.24, 2.45) is 13.0 Å². The third-order valence-electron chi connectivity index (χ3n) is 5.17. The topological polar surface area (TPSA) is 81.7 Å². The Labute approximate surface area is 157 Å². The number of rotatable bonds is 5. The molecule has 0 atom stereocenters. The molecule has 0 amide bonds. The predicted octanol–water partition coefficient (Wildman–Crippen LogP) is 1.35. The quantitative estimate of drug-likeness (QED) is 0.679. The molecule has 0 unspecified atom stereocenters. The van der Waals surface area contributed by atoms with E-state index in [0.717, 1.165) is 49.4 Å². The lowest BCUT2D eigenvalue weighted by Gasteiger charge is -2.31. The standard InChI is InChI=1S/C19H23N7O/c1-24-17(12-21-23-24)14-25-10-6-15(7-11-25)13-26-19(27)3-2-18(22-26)16-4-8-20-9-5-16/h2-5,8-9,12,15H,6-7,10-11,13-14H2,1H3. The first-order valence-electron chi connectivity index (χ1n) is 9.23. The highest BCUT2D eigenvalue weighted by Gasteiger charge is 2.21. The number of nitrogens with zero attached hydrogens (tertiary/aromatic N) is 7. The monoisotopic (exact) mass is 365 g/mol. The first kappa shape index (κ1) is 17.5. The van der Waals surface area contributed by atoms with Gasteiger partial charge in [0.05, 0.1) is 17.6 Å². The molecule has 3 aromatic rings. The van der Waals surface area contributed by atoms with Crippen LogP contribution in [-0.2, 0) is 20.1 Å². The van der Waals surface area contributed by atoms with E-state index in [1.165, 1.54) is 0 Å². The molecule has 8 nitrogen and oxygen atoms in total. The Kier molecular flexibility index (Phi) is 5.06. The second-order valence-corrected chi connectivity index (χ2v) is 7.04. The van der Waals surface area contributed by atoms with Gasteiger partial charge in [0.1, 0.15) is 0 Å². The normalized spacial score (nSPS) is 15.9. The molecule has 0 saturated carbocycles. The van der Waals surface area contributed by atoms with Crippen molar-refractivity contribution in [3.8, 4) is 11.3 Å². The van der Waals surface area contributed by atoms with E-state index in [-0.39, 0.29) is 5.56 Å². The molecule has 1 aliphatic rings. The van der Waals surface area contributed by atoms with Gasteiger partial charge in [0.15, 0.2) is 0 Å². The van der Waals surface area contributed by atoms with Gasteiger partial charge in [-0.15, -0.1) is 5.10 Å². The molecule has 0 N–H and O–H groups in total. The highest BCUT2D eigenvalue weighted by atomic mass is 16.1. The molecule has 1 aliphatic heterocycles. The summed E-state index contributed by atoms with van der Waals surface area (Å²) in [4.78, 5) is 18.7. The van der Waals surface area contributed by atoms with Crippen molar-refractivity contribution in [2.45, 2.75) is 25.9 Å². The highest BCUT2D eigenvalue weighted by Crippen LogP contribution is 2.20. The van der Waals surface area contributed by atoms with Crippen molar-refractivity contribution in [1.82, 2.24) is 34.7 Å². The third-order valence-corrected chi connectivity index (χ3v) is 5.17. The summed E-state index contributed by atoms with van der Waals surface area (Å²) < 4.78 is 3.43. The molecule has 1 saturated heterocycles. The first-order valence-corrected chi connectivity index (χ1v) is 9.23. The smallest absolute Gasteiger partial charge is 0.266 e. The van der Waals surface area contributed by atoms with Crippen LogP contribution in [0.15, 0.2) is 47.7 Å². The number of hydrogen-bond donors (Lipinski definition) is 0. The maximum absolute atomic E-state index is 12.3. The van der Waals surface area contributed by atoms with E-state index < -0.39 is 0 Å². The summed E-state index contributed by atoms with van der Waals surface area (Å²) in [7, 11) is 1.92. The van der Waals surface area contributed by atoms with E-state index in [1.807, 2.05) is 30.1 Å². The number of pyridine rings is 1. The summed E-state index contributed by atoms with van der Waals surface area (Å²) in [5.41, 5.74) is 2.85. The van der Waals surface area contributed by atoms with Crippen molar-refractivity contribution >= 4 is 0 Å². The fourth-order valence-electron chi connectivity index (χ4n) is 3.51. The minimum atomic E-state index is -0.0452. The fourth-order valence-corrected chi connectivity index (χ4v) is 3.51. The number of likely N-dealkylation sites (tertiary alicyclic amines) is 1. The SMILES string of the molecule is Cn1nncc1CN1CCC(Cn2nc(-c3ccncc3)ccc2=O)CC1. The van der Waals surface area contributed by atoms with Crippen LogP contribution in [0.5, 0.6) is 0 Å². The highest BCUT2D eigenvalue weighted by molar-refractivity contribution is 5.56. The Morgan fingerprint density at radius 1 is 1.11 bits per heavy atom. The average Bonchev–Trinajstić information content (AvgIpc) is 3.10.